The van der Waals surface area contributed by atoms with Gasteiger partial charge in [-0.25, -0.2) is 8.42 Å². The molecule has 1 aliphatic rings. The molecule has 8 nitrogen and oxygen atoms in total. The average Bonchev–Trinajstić information content (AvgIpc) is 3.18. The lowest BCUT2D eigenvalue weighted by Gasteiger charge is -2.26. The van der Waals surface area contributed by atoms with Crippen LogP contribution in [0.3, 0.4) is 0 Å². The molecule has 27 heavy (non-hydrogen) atoms. The van der Waals surface area contributed by atoms with Crippen molar-refractivity contribution in [1.82, 2.24) is 4.31 Å². The lowest BCUT2D eigenvalue weighted by Crippen LogP contribution is -2.40. The van der Waals surface area contributed by atoms with Gasteiger partial charge in [0.05, 0.1) is 36.2 Å². The van der Waals surface area contributed by atoms with Gasteiger partial charge in [-0.05, 0) is 44.2 Å². The molecule has 9 heteroatoms. The molecule has 1 aromatic carbocycles. The van der Waals surface area contributed by atoms with E-state index in [4.69, 9.17) is 13.9 Å². The molecule has 2 heterocycles. The Morgan fingerprint density at radius 3 is 2.59 bits per heavy atom. The second-order valence-electron chi connectivity index (χ2n) is 6.27. The molecule has 0 saturated carbocycles. The van der Waals surface area contributed by atoms with Gasteiger partial charge in [-0.15, -0.1) is 0 Å². The fraction of sp³-hybridized carbons (Fsp3) is 0.389. The number of amides is 1. The van der Waals surface area contributed by atoms with Crippen LogP contribution in [0.4, 0.5) is 5.69 Å². The first-order chi connectivity index (χ1) is 12.9. The minimum absolute atomic E-state index is 0.0789. The zero-order valence-corrected chi connectivity index (χ0v) is 16.0. The number of anilines is 1. The molecule has 146 valence electrons. The molecule has 0 aliphatic carbocycles. The quantitative estimate of drug-likeness (QED) is 0.808. The van der Waals surface area contributed by atoms with E-state index in [1.54, 1.807) is 12.1 Å². The molecule has 1 amide bonds. The van der Waals surface area contributed by atoms with Crippen molar-refractivity contribution in [3.8, 4) is 5.75 Å². The fourth-order valence-electron chi connectivity index (χ4n) is 2.65. The maximum atomic E-state index is 12.9. The van der Waals surface area contributed by atoms with Gasteiger partial charge >= 0.3 is 0 Å². The van der Waals surface area contributed by atoms with E-state index in [9.17, 15) is 13.2 Å². The molecule has 0 spiro atoms. The average molecular weight is 394 g/mol. The van der Waals surface area contributed by atoms with Crippen LogP contribution in [-0.4, -0.2) is 51.0 Å². The minimum atomic E-state index is -3.70. The van der Waals surface area contributed by atoms with E-state index < -0.39 is 15.9 Å². The molecule has 0 unspecified atom stereocenters. The monoisotopic (exact) mass is 394 g/mol. The van der Waals surface area contributed by atoms with Gasteiger partial charge in [0.2, 0.25) is 10.0 Å². The van der Waals surface area contributed by atoms with E-state index >= 15 is 0 Å². The van der Waals surface area contributed by atoms with Gasteiger partial charge in [-0.3, -0.25) is 4.79 Å². The summed E-state index contributed by atoms with van der Waals surface area (Å²) in [5.74, 6) is 0.00676. The molecule has 1 N–H and O–H groups in total. The van der Waals surface area contributed by atoms with Crippen molar-refractivity contribution in [3.05, 3.63) is 42.4 Å². The van der Waals surface area contributed by atoms with Crippen LogP contribution in [0.25, 0.3) is 0 Å². The van der Waals surface area contributed by atoms with E-state index in [0.717, 1.165) is 0 Å². The number of rotatable bonds is 6. The maximum absolute atomic E-state index is 12.9. The summed E-state index contributed by atoms with van der Waals surface area (Å²) in [6, 6.07) is 7.55. The topological polar surface area (TPSA) is 98.1 Å². The van der Waals surface area contributed by atoms with E-state index in [1.165, 1.54) is 28.8 Å². The Bertz CT molecular complexity index is 887. The Morgan fingerprint density at radius 1 is 1.22 bits per heavy atom. The summed E-state index contributed by atoms with van der Waals surface area (Å²) in [6.45, 7) is 4.99. The number of hydrogen-bond donors (Lipinski definition) is 1. The number of hydrogen-bond acceptors (Lipinski definition) is 6. The fourth-order valence-corrected chi connectivity index (χ4v) is 4.09. The Morgan fingerprint density at radius 2 is 1.96 bits per heavy atom. The number of benzene rings is 1. The minimum Gasteiger partial charge on any atom is -0.489 e. The molecule has 3 rings (SSSR count). The third-order valence-corrected chi connectivity index (χ3v) is 5.81. The highest BCUT2D eigenvalue weighted by molar-refractivity contribution is 7.89. The Labute approximate surface area is 158 Å². The molecule has 0 bridgehead atoms. The summed E-state index contributed by atoms with van der Waals surface area (Å²) in [5, 5.41) is 2.67. The number of carbonyl (C=O) groups excluding carboxylic acids is 1. The predicted octanol–water partition coefficient (Wildman–Crippen LogP) is 2.34. The van der Waals surface area contributed by atoms with E-state index in [0.29, 0.717) is 32.1 Å². The first-order valence-corrected chi connectivity index (χ1v) is 10.1. The van der Waals surface area contributed by atoms with Gasteiger partial charge in [-0.1, -0.05) is 0 Å². The number of ether oxygens (including phenoxy) is 2. The number of nitrogens with zero attached hydrogens (tertiary/aromatic N) is 1. The summed E-state index contributed by atoms with van der Waals surface area (Å²) in [6.07, 6.45) is 1.24. The van der Waals surface area contributed by atoms with Crippen molar-refractivity contribution in [1.29, 1.82) is 0 Å². The molecule has 0 radical (unpaired) electrons. The second-order valence-corrected chi connectivity index (χ2v) is 8.21. The summed E-state index contributed by atoms with van der Waals surface area (Å²) in [4.78, 5) is 12.4. The molecular weight excluding hydrogens is 372 g/mol. The van der Waals surface area contributed by atoms with E-state index in [1.807, 2.05) is 13.8 Å². The molecule has 1 saturated heterocycles. The number of carbonyl (C=O) groups is 1. The lowest BCUT2D eigenvalue weighted by atomic mass is 10.2. The van der Waals surface area contributed by atoms with Gasteiger partial charge in [0.1, 0.15) is 5.75 Å². The van der Waals surface area contributed by atoms with Crippen LogP contribution in [0.2, 0.25) is 0 Å². The van der Waals surface area contributed by atoms with Gasteiger partial charge in [0, 0.05) is 13.1 Å². The van der Waals surface area contributed by atoms with Crippen LogP contribution in [-0.2, 0) is 14.8 Å². The van der Waals surface area contributed by atoms with Gasteiger partial charge in [-0.2, -0.15) is 4.31 Å². The lowest BCUT2D eigenvalue weighted by molar-refractivity contribution is 0.0730. The van der Waals surface area contributed by atoms with Crippen molar-refractivity contribution in [2.24, 2.45) is 0 Å². The zero-order chi connectivity index (χ0) is 19.4. The van der Waals surface area contributed by atoms with Crippen molar-refractivity contribution in [2.75, 3.05) is 31.6 Å². The van der Waals surface area contributed by atoms with E-state index in [2.05, 4.69) is 5.32 Å². The number of nitrogens with one attached hydrogen (secondary N) is 1. The number of morpholine rings is 1. The normalized spacial score (nSPS) is 15.7. The molecule has 1 fully saturated rings. The predicted molar refractivity (Wildman–Crippen MR) is 98.4 cm³/mol. The molecular formula is C18H22N2O6S. The number of furan rings is 1. The molecule has 0 atom stereocenters. The van der Waals surface area contributed by atoms with Crippen LogP contribution in [0.5, 0.6) is 5.75 Å². The third-order valence-electron chi connectivity index (χ3n) is 3.91. The summed E-state index contributed by atoms with van der Waals surface area (Å²) in [5.41, 5.74) is 0.263. The van der Waals surface area contributed by atoms with Crippen molar-refractivity contribution >= 4 is 21.6 Å². The van der Waals surface area contributed by atoms with Gasteiger partial charge in [0.15, 0.2) is 5.76 Å². The smallest absolute Gasteiger partial charge is 0.291 e. The Hall–Kier alpha value is -2.36. The van der Waals surface area contributed by atoms with Crippen LogP contribution in [0.1, 0.15) is 24.4 Å². The molecule has 1 aliphatic heterocycles. The highest BCUT2D eigenvalue weighted by atomic mass is 32.2. The molecule has 1 aromatic heterocycles. The second kappa shape index (κ2) is 8.12. The van der Waals surface area contributed by atoms with Gasteiger partial charge < -0.3 is 19.2 Å². The Kier molecular flexibility index (Phi) is 5.83. The van der Waals surface area contributed by atoms with E-state index in [-0.39, 0.29) is 22.4 Å². The van der Waals surface area contributed by atoms with Crippen LogP contribution in [0, 0.1) is 0 Å². The first-order valence-electron chi connectivity index (χ1n) is 8.61. The van der Waals surface area contributed by atoms with Crippen molar-refractivity contribution < 1.29 is 27.1 Å². The SMILES string of the molecule is CC(C)Oc1ccc(S(=O)(=O)N2CCOCC2)cc1NC(=O)c1ccco1. The number of sulfonamides is 1. The van der Waals surface area contributed by atoms with Crippen LogP contribution in [0.15, 0.2) is 45.9 Å². The van der Waals surface area contributed by atoms with Crippen molar-refractivity contribution in [2.45, 2.75) is 24.8 Å². The highest BCUT2D eigenvalue weighted by Crippen LogP contribution is 2.30. The van der Waals surface area contributed by atoms with Crippen LogP contribution < -0.4 is 10.1 Å². The summed E-state index contributed by atoms with van der Waals surface area (Å²) < 4.78 is 43.1. The first kappa shape index (κ1) is 19.4. The highest BCUT2D eigenvalue weighted by Gasteiger charge is 2.27. The zero-order valence-electron chi connectivity index (χ0n) is 15.2. The largest absolute Gasteiger partial charge is 0.489 e. The van der Waals surface area contributed by atoms with Crippen molar-refractivity contribution in [3.63, 3.8) is 0 Å². The van der Waals surface area contributed by atoms with Gasteiger partial charge in [0.25, 0.3) is 5.91 Å². The molecule has 2 aromatic rings. The standard InChI is InChI=1S/C18H22N2O6S/c1-13(2)26-16-6-5-14(27(22,23)20-7-10-24-11-8-20)12-15(16)19-18(21)17-4-3-9-25-17/h3-6,9,12-13H,7-8,10-11H2,1-2H3,(H,19,21). The summed E-state index contributed by atoms with van der Waals surface area (Å²) in [7, 11) is -3.70. The maximum Gasteiger partial charge on any atom is 0.291 e. The summed E-state index contributed by atoms with van der Waals surface area (Å²) >= 11 is 0. The van der Waals surface area contributed by atoms with Crippen LogP contribution >= 0.6 is 0 Å². The third kappa shape index (κ3) is 4.49. The Balaban J connectivity index is 1.93.